The van der Waals surface area contributed by atoms with E-state index >= 15 is 0 Å². The summed E-state index contributed by atoms with van der Waals surface area (Å²) in [6.07, 6.45) is 8.37. The second kappa shape index (κ2) is 5.45. The van der Waals surface area contributed by atoms with E-state index in [0.717, 1.165) is 24.2 Å². The smallest absolute Gasteiger partial charge is 0.0876 e. The Kier molecular flexibility index (Phi) is 3.51. The lowest BCUT2D eigenvalue weighted by atomic mass is 9.91. The van der Waals surface area contributed by atoms with Crippen LogP contribution >= 0.6 is 0 Å². The Hall–Kier alpha value is -1.81. The quantitative estimate of drug-likeness (QED) is 0.887. The van der Waals surface area contributed by atoms with Crippen LogP contribution in [0.15, 0.2) is 42.7 Å². The zero-order valence-corrected chi connectivity index (χ0v) is 11.0. The summed E-state index contributed by atoms with van der Waals surface area (Å²) in [4.78, 5) is 0. The zero-order valence-electron chi connectivity index (χ0n) is 11.0. The van der Waals surface area contributed by atoms with E-state index in [0.29, 0.717) is 12.1 Å². The molecular formula is C15H20N4. The van der Waals surface area contributed by atoms with Crippen LogP contribution < -0.4 is 11.1 Å². The highest BCUT2D eigenvalue weighted by molar-refractivity contribution is 5.61. The zero-order chi connectivity index (χ0) is 13.1. The lowest BCUT2D eigenvalue weighted by Gasteiger charge is -2.28. The van der Waals surface area contributed by atoms with Crippen molar-refractivity contribution in [1.82, 2.24) is 9.78 Å². The molecule has 0 radical (unpaired) electrons. The number of hydrogen-bond donors (Lipinski definition) is 2. The molecule has 2 atom stereocenters. The average Bonchev–Trinajstić information content (AvgIpc) is 2.93. The molecule has 19 heavy (non-hydrogen) atoms. The molecular weight excluding hydrogens is 236 g/mol. The van der Waals surface area contributed by atoms with Crippen LogP contribution in [0.1, 0.15) is 25.7 Å². The maximum Gasteiger partial charge on any atom is 0.0876 e. The molecule has 3 rings (SSSR count). The molecule has 0 saturated heterocycles. The highest BCUT2D eigenvalue weighted by Crippen LogP contribution is 2.25. The minimum Gasteiger partial charge on any atom is -0.381 e. The number of hydrogen-bond acceptors (Lipinski definition) is 3. The Morgan fingerprint density at radius 1 is 1.21 bits per heavy atom. The number of rotatable bonds is 3. The maximum atomic E-state index is 6.05. The molecule has 1 saturated carbocycles. The summed E-state index contributed by atoms with van der Waals surface area (Å²) in [5, 5.41) is 7.93. The molecule has 1 aromatic heterocycles. The van der Waals surface area contributed by atoms with Crippen LogP contribution in [0.25, 0.3) is 5.69 Å². The van der Waals surface area contributed by atoms with Gasteiger partial charge in [-0.1, -0.05) is 12.1 Å². The van der Waals surface area contributed by atoms with Gasteiger partial charge in [-0.3, -0.25) is 0 Å². The lowest BCUT2D eigenvalue weighted by Crippen LogP contribution is -2.35. The molecule has 0 spiro atoms. The highest BCUT2D eigenvalue weighted by atomic mass is 15.3. The minimum atomic E-state index is 0.336. The van der Waals surface area contributed by atoms with Gasteiger partial charge < -0.3 is 11.1 Å². The third kappa shape index (κ3) is 2.79. The van der Waals surface area contributed by atoms with E-state index in [4.69, 9.17) is 5.73 Å². The monoisotopic (exact) mass is 256 g/mol. The van der Waals surface area contributed by atoms with Crippen molar-refractivity contribution in [2.45, 2.75) is 37.8 Å². The second-order valence-corrected chi connectivity index (χ2v) is 5.24. The van der Waals surface area contributed by atoms with E-state index in [1.54, 1.807) is 6.20 Å². The molecule has 0 bridgehead atoms. The predicted octanol–water partition coefficient (Wildman–Crippen LogP) is 2.55. The normalized spacial score (nSPS) is 23.2. The topological polar surface area (TPSA) is 55.9 Å². The predicted molar refractivity (Wildman–Crippen MR) is 77.4 cm³/mol. The SMILES string of the molecule is NC1CCCC(Nc2ccccc2-n2cccn2)C1. The van der Waals surface area contributed by atoms with Crippen LogP contribution in [-0.2, 0) is 0 Å². The molecule has 4 heteroatoms. The number of anilines is 1. The van der Waals surface area contributed by atoms with Gasteiger partial charge in [0.25, 0.3) is 0 Å². The van der Waals surface area contributed by atoms with Crippen molar-refractivity contribution in [2.75, 3.05) is 5.32 Å². The van der Waals surface area contributed by atoms with Crippen molar-refractivity contribution < 1.29 is 0 Å². The Morgan fingerprint density at radius 2 is 2.11 bits per heavy atom. The highest BCUT2D eigenvalue weighted by Gasteiger charge is 2.19. The van der Waals surface area contributed by atoms with Gasteiger partial charge in [-0.15, -0.1) is 0 Å². The first kappa shape index (κ1) is 12.2. The molecule has 1 fully saturated rings. The first-order valence-corrected chi connectivity index (χ1v) is 6.94. The summed E-state index contributed by atoms with van der Waals surface area (Å²) in [7, 11) is 0. The molecule has 0 amide bonds. The largest absolute Gasteiger partial charge is 0.381 e. The number of benzene rings is 1. The van der Waals surface area contributed by atoms with Crippen molar-refractivity contribution in [2.24, 2.45) is 5.73 Å². The third-order valence-corrected chi connectivity index (χ3v) is 3.73. The third-order valence-electron chi connectivity index (χ3n) is 3.73. The summed E-state index contributed by atoms with van der Waals surface area (Å²) in [5.41, 5.74) is 8.27. The van der Waals surface area contributed by atoms with E-state index in [9.17, 15) is 0 Å². The molecule has 4 nitrogen and oxygen atoms in total. The molecule has 2 aromatic rings. The van der Waals surface area contributed by atoms with Gasteiger partial charge in [-0.25, -0.2) is 4.68 Å². The van der Waals surface area contributed by atoms with E-state index < -0.39 is 0 Å². The van der Waals surface area contributed by atoms with Gasteiger partial charge in [-0.05, 0) is 43.9 Å². The molecule has 1 heterocycles. The summed E-state index contributed by atoms with van der Waals surface area (Å²) >= 11 is 0. The van der Waals surface area contributed by atoms with Crippen molar-refractivity contribution in [3.05, 3.63) is 42.7 Å². The number of nitrogens with zero attached hydrogens (tertiary/aromatic N) is 2. The molecule has 1 aliphatic carbocycles. The van der Waals surface area contributed by atoms with E-state index in [-0.39, 0.29) is 0 Å². The van der Waals surface area contributed by atoms with Crippen LogP contribution in [0.2, 0.25) is 0 Å². The first-order chi connectivity index (χ1) is 9.33. The van der Waals surface area contributed by atoms with Crippen LogP contribution in [0.3, 0.4) is 0 Å². The van der Waals surface area contributed by atoms with Crippen molar-refractivity contribution >= 4 is 5.69 Å². The average molecular weight is 256 g/mol. The van der Waals surface area contributed by atoms with Gasteiger partial charge in [-0.2, -0.15) is 5.10 Å². The van der Waals surface area contributed by atoms with Crippen molar-refractivity contribution in [3.63, 3.8) is 0 Å². The fourth-order valence-corrected chi connectivity index (χ4v) is 2.79. The van der Waals surface area contributed by atoms with Crippen molar-refractivity contribution in [3.8, 4) is 5.69 Å². The Labute approximate surface area is 113 Å². The second-order valence-electron chi connectivity index (χ2n) is 5.24. The lowest BCUT2D eigenvalue weighted by molar-refractivity contribution is 0.409. The first-order valence-electron chi connectivity index (χ1n) is 6.94. The molecule has 3 N–H and O–H groups in total. The van der Waals surface area contributed by atoms with E-state index in [2.05, 4.69) is 28.6 Å². The van der Waals surface area contributed by atoms with Gasteiger partial charge in [0.1, 0.15) is 0 Å². The Balaban J connectivity index is 1.81. The van der Waals surface area contributed by atoms with E-state index in [1.807, 2.05) is 23.0 Å². The van der Waals surface area contributed by atoms with Crippen molar-refractivity contribution in [1.29, 1.82) is 0 Å². The van der Waals surface area contributed by atoms with Gasteiger partial charge in [0.15, 0.2) is 0 Å². The Morgan fingerprint density at radius 3 is 2.89 bits per heavy atom. The summed E-state index contributed by atoms with van der Waals surface area (Å²) in [6.45, 7) is 0. The van der Waals surface area contributed by atoms with Crippen LogP contribution in [-0.4, -0.2) is 21.9 Å². The maximum absolute atomic E-state index is 6.05. The van der Waals surface area contributed by atoms with Gasteiger partial charge in [0.05, 0.1) is 11.4 Å². The standard InChI is InChI=1S/C15H20N4/c16-12-5-3-6-13(11-12)18-14-7-1-2-8-15(14)19-10-4-9-17-19/h1-2,4,7-10,12-13,18H,3,5-6,11,16H2. The van der Waals surface area contributed by atoms with Crippen LogP contribution in [0.4, 0.5) is 5.69 Å². The number of aromatic nitrogens is 2. The number of para-hydroxylation sites is 2. The fraction of sp³-hybridized carbons (Fsp3) is 0.400. The molecule has 1 aromatic carbocycles. The summed E-state index contributed by atoms with van der Waals surface area (Å²) < 4.78 is 1.89. The summed E-state index contributed by atoms with van der Waals surface area (Å²) in [5.74, 6) is 0. The van der Waals surface area contributed by atoms with Gasteiger partial charge >= 0.3 is 0 Å². The molecule has 100 valence electrons. The minimum absolute atomic E-state index is 0.336. The van der Waals surface area contributed by atoms with Gasteiger partial charge in [0, 0.05) is 24.5 Å². The number of nitrogens with one attached hydrogen (secondary N) is 1. The van der Waals surface area contributed by atoms with Crippen LogP contribution in [0, 0.1) is 0 Å². The van der Waals surface area contributed by atoms with Crippen LogP contribution in [0.5, 0.6) is 0 Å². The molecule has 0 aliphatic heterocycles. The van der Waals surface area contributed by atoms with E-state index in [1.165, 1.54) is 12.8 Å². The number of nitrogens with two attached hydrogens (primary N) is 1. The summed E-state index contributed by atoms with van der Waals surface area (Å²) in [6, 6.07) is 11.0. The Bertz CT molecular complexity index is 521. The molecule has 2 unspecified atom stereocenters. The van der Waals surface area contributed by atoms with Gasteiger partial charge in [0.2, 0.25) is 0 Å². The molecule has 1 aliphatic rings. The fourth-order valence-electron chi connectivity index (χ4n) is 2.79.